The van der Waals surface area contributed by atoms with Crippen LogP contribution in [0.25, 0.3) is 0 Å². The first kappa shape index (κ1) is 6.45. The summed E-state index contributed by atoms with van der Waals surface area (Å²) >= 11 is 0. The molecule has 2 saturated carbocycles. The SMILES string of the molecule is [2H]C1([2H])CC(C)CC2CCC(C)CC21. The highest BCUT2D eigenvalue weighted by Crippen LogP contribution is 2.44. The summed E-state index contributed by atoms with van der Waals surface area (Å²) in [6.45, 7) is 4.50. The lowest BCUT2D eigenvalue weighted by Crippen LogP contribution is -2.29. The normalized spacial score (nSPS) is 55.2. The van der Waals surface area contributed by atoms with Gasteiger partial charge in [-0.2, -0.15) is 0 Å². The van der Waals surface area contributed by atoms with Crippen LogP contribution in [0.4, 0.5) is 0 Å². The first-order valence-corrected chi connectivity index (χ1v) is 5.49. The van der Waals surface area contributed by atoms with E-state index in [1.807, 2.05) is 0 Å². The van der Waals surface area contributed by atoms with Crippen LogP contribution >= 0.6 is 0 Å². The van der Waals surface area contributed by atoms with E-state index in [-0.39, 0.29) is 0 Å². The van der Waals surface area contributed by atoms with Gasteiger partial charge in [0.1, 0.15) is 0 Å². The maximum absolute atomic E-state index is 8.14. The topological polar surface area (TPSA) is 0 Å². The van der Waals surface area contributed by atoms with Crippen molar-refractivity contribution in [3.8, 4) is 0 Å². The minimum atomic E-state index is -0.878. The molecule has 2 aliphatic rings. The van der Waals surface area contributed by atoms with Gasteiger partial charge in [0, 0.05) is 2.74 Å². The Hall–Kier alpha value is 0. The van der Waals surface area contributed by atoms with Gasteiger partial charge in [-0.3, -0.25) is 0 Å². The highest BCUT2D eigenvalue weighted by molar-refractivity contribution is 4.83. The van der Waals surface area contributed by atoms with Gasteiger partial charge in [-0.1, -0.05) is 26.7 Å². The molecule has 0 saturated heterocycles. The fraction of sp³-hybridized carbons (Fsp3) is 1.00. The third kappa shape index (κ3) is 1.67. The van der Waals surface area contributed by atoms with Crippen LogP contribution in [-0.2, 0) is 0 Å². The fourth-order valence-corrected chi connectivity index (χ4v) is 2.93. The summed E-state index contributed by atoms with van der Waals surface area (Å²) in [6.07, 6.45) is 4.92. The monoisotopic (exact) mass is 168 g/mol. The van der Waals surface area contributed by atoms with Crippen LogP contribution in [-0.4, -0.2) is 0 Å². The van der Waals surface area contributed by atoms with E-state index in [4.69, 9.17) is 2.74 Å². The van der Waals surface area contributed by atoms with Gasteiger partial charge in [-0.25, -0.2) is 0 Å². The number of hydrogen-bond donors (Lipinski definition) is 0. The van der Waals surface area contributed by atoms with Gasteiger partial charge in [-0.15, -0.1) is 0 Å². The van der Waals surface area contributed by atoms with Crippen LogP contribution in [0.3, 0.4) is 0 Å². The molecule has 0 heteroatoms. The molecule has 2 fully saturated rings. The Morgan fingerprint density at radius 2 is 1.58 bits per heavy atom. The van der Waals surface area contributed by atoms with E-state index < -0.39 is 6.37 Å². The molecule has 0 heterocycles. The number of hydrogen-bond acceptors (Lipinski definition) is 0. The van der Waals surface area contributed by atoms with E-state index in [2.05, 4.69) is 13.8 Å². The highest BCUT2D eigenvalue weighted by atomic mass is 14.4. The van der Waals surface area contributed by atoms with Crippen LogP contribution in [0.5, 0.6) is 0 Å². The van der Waals surface area contributed by atoms with Crippen LogP contribution in [0.1, 0.15) is 55.1 Å². The smallest absolute Gasteiger partial charge is 0.0270 e. The lowest BCUT2D eigenvalue weighted by molar-refractivity contribution is 0.109. The molecule has 0 N–H and O–H groups in total. The van der Waals surface area contributed by atoms with Crippen molar-refractivity contribution in [2.45, 2.75) is 52.3 Å². The first-order chi connectivity index (χ1) is 6.49. The molecule has 4 atom stereocenters. The molecular weight excluding hydrogens is 144 g/mol. The van der Waals surface area contributed by atoms with E-state index in [1.54, 1.807) is 0 Å². The van der Waals surface area contributed by atoms with E-state index in [1.165, 1.54) is 19.3 Å². The quantitative estimate of drug-likeness (QED) is 0.515. The predicted molar refractivity (Wildman–Crippen MR) is 53.0 cm³/mol. The third-order valence-corrected chi connectivity index (χ3v) is 3.69. The summed E-state index contributed by atoms with van der Waals surface area (Å²) in [5.74, 6) is 2.40. The second kappa shape index (κ2) is 3.40. The molecule has 0 bridgehead atoms. The predicted octanol–water partition coefficient (Wildman–Crippen LogP) is 3.86. The molecular formula is C12H22. The van der Waals surface area contributed by atoms with E-state index in [0.29, 0.717) is 17.8 Å². The van der Waals surface area contributed by atoms with Crippen molar-refractivity contribution in [2.75, 3.05) is 0 Å². The Morgan fingerprint density at radius 1 is 0.917 bits per heavy atom. The molecule has 0 radical (unpaired) electrons. The zero-order valence-corrected chi connectivity index (χ0v) is 8.34. The van der Waals surface area contributed by atoms with Crippen LogP contribution in [0, 0.1) is 23.7 Å². The Labute approximate surface area is 79.6 Å². The number of fused-ring (bicyclic) bond motifs is 1. The number of rotatable bonds is 0. The molecule has 0 aromatic carbocycles. The van der Waals surface area contributed by atoms with Gasteiger partial charge < -0.3 is 0 Å². The minimum Gasteiger partial charge on any atom is -0.0625 e. The zero-order chi connectivity index (χ0) is 10.3. The Balaban J connectivity index is 2.13. The van der Waals surface area contributed by atoms with Gasteiger partial charge >= 0.3 is 0 Å². The average Bonchev–Trinajstić information content (AvgIpc) is 2.05. The molecule has 12 heavy (non-hydrogen) atoms. The highest BCUT2D eigenvalue weighted by Gasteiger charge is 2.32. The fourth-order valence-electron chi connectivity index (χ4n) is 2.93. The third-order valence-electron chi connectivity index (χ3n) is 3.69. The summed E-state index contributed by atoms with van der Waals surface area (Å²) in [7, 11) is 0. The Bertz CT molecular complexity index is 212. The van der Waals surface area contributed by atoms with Crippen molar-refractivity contribution in [3.05, 3.63) is 0 Å². The summed E-state index contributed by atoms with van der Waals surface area (Å²) in [4.78, 5) is 0. The Morgan fingerprint density at radius 3 is 2.42 bits per heavy atom. The van der Waals surface area contributed by atoms with Crippen LogP contribution in [0.2, 0.25) is 0 Å². The van der Waals surface area contributed by atoms with Crippen LogP contribution < -0.4 is 0 Å². The minimum absolute atomic E-state index is 0.363. The van der Waals surface area contributed by atoms with Crippen molar-refractivity contribution >= 4 is 0 Å². The Kier molecular flexibility index (Phi) is 1.83. The maximum atomic E-state index is 8.14. The molecule has 0 aromatic heterocycles. The van der Waals surface area contributed by atoms with Gasteiger partial charge in [0.15, 0.2) is 0 Å². The van der Waals surface area contributed by atoms with Crippen molar-refractivity contribution in [1.29, 1.82) is 0 Å². The molecule has 2 rings (SSSR count). The summed E-state index contributed by atoms with van der Waals surface area (Å²) in [6, 6.07) is 0. The standard InChI is InChI=1S/C12H22/c1-9-3-5-12-8-10(2)4-6-11(12)7-9/h9-12H,3-8H2,1-2H3/i5D2. The molecule has 2 aliphatic carbocycles. The molecule has 70 valence electrons. The molecule has 0 amide bonds. The van der Waals surface area contributed by atoms with Crippen molar-refractivity contribution in [1.82, 2.24) is 0 Å². The first-order valence-electron chi connectivity index (χ1n) is 6.49. The van der Waals surface area contributed by atoms with Crippen molar-refractivity contribution < 1.29 is 2.74 Å². The molecule has 0 aliphatic heterocycles. The van der Waals surface area contributed by atoms with E-state index in [9.17, 15) is 0 Å². The zero-order valence-electron chi connectivity index (χ0n) is 10.3. The molecule has 0 spiro atoms. The summed E-state index contributed by atoms with van der Waals surface area (Å²) in [5.41, 5.74) is 0. The summed E-state index contributed by atoms with van der Waals surface area (Å²) < 4.78 is 16.3. The second-order valence-electron chi connectivity index (χ2n) is 5.03. The van der Waals surface area contributed by atoms with Gasteiger partial charge in [-0.05, 0) is 49.3 Å². The lowest BCUT2D eigenvalue weighted by Gasteiger charge is -2.40. The van der Waals surface area contributed by atoms with Crippen molar-refractivity contribution in [2.24, 2.45) is 23.7 Å². The largest absolute Gasteiger partial charge is 0.0625 e. The molecule has 4 unspecified atom stereocenters. The van der Waals surface area contributed by atoms with Gasteiger partial charge in [0.25, 0.3) is 0 Å². The molecule has 0 nitrogen and oxygen atoms in total. The average molecular weight is 168 g/mol. The van der Waals surface area contributed by atoms with Gasteiger partial charge in [0.2, 0.25) is 0 Å². The van der Waals surface area contributed by atoms with E-state index >= 15 is 0 Å². The second-order valence-corrected chi connectivity index (χ2v) is 5.03. The summed E-state index contributed by atoms with van der Waals surface area (Å²) in [5, 5.41) is 0. The van der Waals surface area contributed by atoms with E-state index in [0.717, 1.165) is 18.8 Å². The maximum Gasteiger partial charge on any atom is 0.0270 e. The lowest BCUT2D eigenvalue weighted by atomic mass is 9.65. The molecule has 0 aromatic rings. The van der Waals surface area contributed by atoms with Gasteiger partial charge in [0.05, 0.1) is 0 Å². The van der Waals surface area contributed by atoms with Crippen LogP contribution in [0.15, 0.2) is 0 Å². The van der Waals surface area contributed by atoms with Crippen molar-refractivity contribution in [3.63, 3.8) is 0 Å².